The van der Waals surface area contributed by atoms with Crippen molar-refractivity contribution in [1.29, 1.82) is 0 Å². The fourth-order valence-electron chi connectivity index (χ4n) is 2.51. The number of aromatic amines is 1. The number of aromatic nitrogens is 1. The zero-order valence-corrected chi connectivity index (χ0v) is 13.2. The van der Waals surface area contributed by atoms with Gasteiger partial charge in [0.2, 0.25) is 0 Å². The Morgan fingerprint density at radius 1 is 1.18 bits per heavy atom. The van der Waals surface area contributed by atoms with Crippen LogP contribution in [-0.2, 0) is 6.42 Å². The number of hydrogen-bond acceptors (Lipinski definition) is 3. The van der Waals surface area contributed by atoms with Gasteiger partial charge < -0.3 is 10.3 Å². The fourth-order valence-corrected chi connectivity index (χ4v) is 2.91. The normalized spacial score (nSPS) is 13.6. The van der Waals surface area contributed by atoms with Crippen LogP contribution in [0.2, 0.25) is 0 Å². The smallest absolute Gasteiger partial charge is 0.261 e. The number of fused-ring (bicyclic) bond motifs is 1. The number of nitrogens with one attached hydrogen (secondary N) is 2. The Morgan fingerprint density at radius 3 is 2.77 bits per heavy atom. The van der Waals surface area contributed by atoms with Gasteiger partial charge in [0.25, 0.3) is 11.5 Å². The Labute approximate surface area is 134 Å². The van der Waals surface area contributed by atoms with Gasteiger partial charge in [-0.3, -0.25) is 14.4 Å². The van der Waals surface area contributed by atoms with E-state index >= 15 is 0 Å². The molecule has 1 aromatic heterocycles. The molecule has 0 aliphatic heterocycles. The van der Waals surface area contributed by atoms with Crippen LogP contribution in [-0.4, -0.2) is 16.7 Å². The van der Waals surface area contributed by atoms with Crippen LogP contribution in [0.3, 0.4) is 0 Å². The second kappa shape index (κ2) is 5.88. The lowest BCUT2D eigenvalue weighted by molar-refractivity contribution is 0.0971. The van der Waals surface area contributed by atoms with E-state index < -0.39 is 11.5 Å². The number of amides is 1. The van der Waals surface area contributed by atoms with Gasteiger partial charge in [-0.1, -0.05) is 22.0 Å². The van der Waals surface area contributed by atoms with Gasteiger partial charge in [-0.25, -0.2) is 0 Å². The summed E-state index contributed by atoms with van der Waals surface area (Å²) in [6, 6.07) is 8.47. The van der Waals surface area contributed by atoms with Gasteiger partial charge in [-0.05, 0) is 37.1 Å². The summed E-state index contributed by atoms with van der Waals surface area (Å²) >= 11 is 3.32. The third-order valence-corrected chi connectivity index (χ3v) is 4.07. The lowest BCUT2D eigenvalue weighted by Gasteiger charge is -2.15. The molecule has 0 atom stereocenters. The molecule has 1 aromatic carbocycles. The fraction of sp³-hybridized carbons (Fsp3) is 0.188. The number of H-pyrrole nitrogens is 1. The summed E-state index contributed by atoms with van der Waals surface area (Å²) < 4.78 is 0.819. The van der Waals surface area contributed by atoms with Crippen LogP contribution in [0.25, 0.3) is 0 Å². The highest BCUT2D eigenvalue weighted by Gasteiger charge is 2.22. The predicted octanol–water partition coefficient (Wildman–Crippen LogP) is 2.91. The lowest BCUT2D eigenvalue weighted by atomic mass is 9.93. The summed E-state index contributed by atoms with van der Waals surface area (Å²) in [6.07, 6.45) is 1.83. The molecule has 0 bridgehead atoms. The molecule has 1 aliphatic rings. The first-order valence-electron chi connectivity index (χ1n) is 6.91. The summed E-state index contributed by atoms with van der Waals surface area (Å²) in [5.41, 5.74) is 1.13. The highest BCUT2D eigenvalue weighted by molar-refractivity contribution is 9.10. The molecule has 112 valence electrons. The van der Waals surface area contributed by atoms with Crippen LogP contribution >= 0.6 is 15.9 Å². The Balaban J connectivity index is 1.94. The second-order valence-corrected chi connectivity index (χ2v) is 6.06. The van der Waals surface area contributed by atoms with E-state index in [9.17, 15) is 14.4 Å². The molecule has 3 rings (SSSR count). The van der Waals surface area contributed by atoms with Crippen LogP contribution in [0.1, 0.15) is 39.3 Å². The zero-order valence-electron chi connectivity index (χ0n) is 11.6. The minimum atomic E-state index is -0.527. The Bertz CT molecular complexity index is 826. The minimum Gasteiger partial charge on any atom is -0.325 e. The maximum Gasteiger partial charge on any atom is 0.261 e. The molecule has 2 aromatic rings. The summed E-state index contributed by atoms with van der Waals surface area (Å²) in [7, 11) is 0. The largest absolute Gasteiger partial charge is 0.325 e. The number of carbonyl (C=O) groups is 2. The minimum absolute atomic E-state index is 0.0333. The van der Waals surface area contributed by atoms with Gasteiger partial charge in [0.1, 0.15) is 5.56 Å². The van der Waals surface area contributed by atoms with E-state index in [1.807, 2.05) is 6.07 Å². The second-order valence-electron chi connectivity index (χ2n) is 5.15. The number of rotatable bonds is 2. The topological polar surface area (TPSA) is 79.0 Å². The molecule has 0 saturated heterocycles. The molecular formula is C16H13BrN2O3. The van der Waals surface area contributed by atoms with Crippen molar-refractivity contribution in [2.24, 2.45) is 0 Å². The van der Waals surface area contributed by atoms with Gasteiger partial charge in [-0.15, -0.1) is 0 Å². The van der Waals surface area contributed by atoms with Crippen molar-refractivity contribution in [3.63, 3.8) is 0 Å². The number of halogens is 1. The summed E-state index contributed by atoms with van der Waals surface area (Å²) in [4.78, 5) is 38.9. The van der Waals surface area contributed by atoms with Crippen molar-refractivity contribution >= 4 is 33.3 Å². The van der Waals surface area contributed by atoms with Crippen LogP contribution in [0.15, 0.2) is 39.6 Å². The number of aryl methyl sites for hydroxylation is 1. The monoisotopic (exact) mass is 360 g/mol. The average molecular weight is 361 g/mol. The number of anilines is 1. The summed E-state index contributed by atoms with van der Waals surface area (Å²) in [6.45, 7) is 0. The van der Waals surface area contributed by atoms with Gasteiger partial charge >= 0.3 is 0 Å². The van der Waals surface area contributed by atoms with Crippen LogP contribution in [0, 0.1) is 0 Å². The van der Waals surface area contributed by atoms with E-state index in [-0.39, 0.29) is 11.3 Å². The first-order chi connectivity index (χ1) is 10.5. The van der Waals surface area contributed by atoms with Crippen LogP contribution < -0.4 is 10.9 Å². The molecule has 1 heterocycles. The molecule has 0 spiro atoms. The van der Waals surface area contributed by atoms with E-state index in [0.29, 0.717) is 29.8 Å². The number of Topliss-reactive ketones (excluding diaryl/α,β-unsaturated/α-hetero) is 1. The van der Waals surface area contributed by atoms with E-state index in [1.54, 1.807) is 18.2 Å². The molecule has 0 unspecified atom stereocenters. The van der Waals surface area contributed by atoms with E-state index in [1.165, 1.54) is 6.07 Å². The number of ketones is 1. The molecule has 2 N–H and O–H groups in total. The highest BCUT2D eigenvalue weighted by Crippen LogP contribution is 2.20. The average Bonchev–Trinajstić information content (AvgIpc) is 2.46. The molecule has 22 heavy (non-hydrogen) atoms. The Hall–Kier alpha value is -2.21. The van der Waals surface area contributed by atoms with Gasteiger partial charge in [0.15, 0.2) is 5.78 Å². The van der Waals surface area contributed by atoms with E-state index in [2.05, 4.69) is 26.2 Å². The SMILES string of the molecule is O=C1CCCc2[nH]c(=O)c(C(=O)Nc3cccc(Br)c3)cc21. The summed E-state index contributed by atoms with van der Waals surface area (Å²) in [5, 5.41) is 2.66. The molecule has 1 aliphatic carbocycles. The lowest BCUT2D eigenvalue weighted by Crippen LogP contribution is -2.27. The predicted molar refractivity (Wildman–Crippen MR) is 86.4 cm³/mol. The molecular weight excluding hydrogens is 348 g/mol. The van der Waals surface area contributed by atoms with E-state index in [0.717, 1.165) is 10.9 Å². The van der Waals surface area contributed by atoms with Crippen molar-refractivity contribution < 1.29 is 9.59 Å². The first kappa shape index (κ1) is 14.7. The Morgan fingerprint density at radius 2 is 2.00 bits per heavy atom. The molecule has 6 heteroatoms. The highest BCUT2D eigenvalue weighted by atomic mass is 79.9. The number of hydrogen-bond donors (Lipinski definition) is 2. The maximum atomic E-state index is 12.3. The number of pyridine rings is 1. The third kappa shape index (κ3) is 2.87. The zero-order chi connectivity index (χ0) is 15.7. The van der Waals surface area contributed by atoms with Crippen molar-refractivity contribution in [3.05, 3.63) is 62.0 Å². The van der Waals surface area contributed by atoms with E-state index in [4.69, 9.17) is 0 Å². The molecule has 0 saturated carbocycles. The van der Waals surface area contributed by atoms with Crippen molar-refractivity contribution in [2.75, 3.05) is 5.32 Å². The number of benzene rings is 1. The van der Waals surface area contributed by atoms with Crippen LogP contribution in [0.5, 0.6) is 0 Å². The number of carbonyl (C=O) groups excluding carboxylic acids is 2. The molecule has 1 amide bonds. The maximum absolute atomic E-state index is 12.3. The Kier molecular flexibility index (Phi) is 3.94. The van der Waals surface area contributed by atoms with Crippen molar-refractivity contribution in [3.8, 4) is 0 Å². The molecule has 0 fully saturated rings. The molecule has 5 nitrogen and oxygen atoms in total. The van der Waals surface area contributed by atoms with Crippen molar-refractivity contribution in [2.45, 2.75) is 19.3 Å². The van der Waals surface area contributed by atoms with Gasteiger partial charge in [0.05, 0.1) is 0 Å². The first-order valence-corrected chi connectivity index (χ1v) is 7.70. The summed E-state index contributed by atoms with van der Waals surface area (Å²) in [5.74, 6) is -0.561. The standard InChI is InChI=1S/C16H13BrN2O3/c17-9-3-1-4-10(7-9)18-15(21)12-8-11-13(19-16(12)22)5-2-6-14(11)20/h1,3-4,7-8H,2,5-6H2,(H,18,21)(H,19,22). The van der Waals surface area contributed by atoms with Crippen molar-refractivity contribution in [1.82, 2.24) is 4.98 Å². The quantitative estimate of drug-likeness (QED) is 0.863. The molecule has 0 radical (unpaired) electrons. The van der Waals surface area contributed by atoms with Gasteiger partial charge in [0, 0.05) is 27.8 Å². The third-order valence-electron chi connectivity index (χ3n) is 3.58. The van der Waals surface area contributed by atoms with Gasteiger partial charge in [-0.2, -0.15) is 0 Å². The van der Waals surface area contributed by atoms with Crippen LogP contribution in [0.4, 0.5) is 5.69 Å².